The van der Waals surface area contributed by atoms with E-state index in [4.69, 9.17) is 21.1 Å². The van der Waals surface area contributed by atoms with Crippen molar-refractivity contribution in [3.8, 4) is 11.5 Å². The average molecular weight is 332 g/mol. The standard InChI is InChI=1S/C18H18ClNO3/c1-12-10-15(17(23-3)11-14(12)19)20-18(21)9-8-13-6-4-5-7-16(13)22-2/h4-11H,1-3H3,(H,20,21)/b9-8+. The van der Waals surface area contributed by atoms with Crippen molar-refractivity contribution in [1.82, 2.24) is 0 Å². The summed E-state index contributed by atoms with van der Waals surface area (Å²) in [6, 6.07) is 10.9. The van der Waals surface area contributed by atoms with Gasteiger partial charge in [-0.25, -0.2) is 0 Å². The zero-order valence-electron chi connectivity index (χ0n) is 13.2. The van der Waals surface area contributed by atoms with E-state index in [1.165, 1.54) is 13.2 Å². The van der Waals surface area contributed by atoms with Crippen LogP contribution in [0.15, 0.2) is 42.5 Å². The first-order valence-corrected chi connectivity index (χ1v) is 7.39. The molecular weight excluding hydrogens is 314 g/mol. The molecule has 2 aromatic rings. The Morgan fingerprint density at radius 1 is 1.13 bits per heavy atom. The van der Waals surface area contributed by atoms with Gasteiger partial charge in [0.15, 0.2) is 0 Å². The van der Waals surface area contributed by atoms with Gasteiger partial charge in [-0.2, -0.15) is 0 Å². The lowest BCUT2D eigenvalue weighted by atomic mass is 10.2. The van der Waals surface area contributed by atoms with Gasteiger partial charge in [-0.3, -0.25) is 4.79 Å². The van der Waals surface area contributed by atoms with Gasteiger partial charge in [0.1, 0.15) is 11.5 Å². The topological polar surface area (TPSA) is 47.6 Å². The summed E-state index contributed by atoms with van der Waals surface area (Å²) in [5, 5.41) is 3.37. The number of carbonyl (C=O) groups excluding carboxylic acids is 1. The Kier molecular flexibility index (Phi) is 5.66. The summed E-state index contributed by atoms with van der Waals surface area (Å²) in [7, 11) is 3.12. The number of hydrogen-bond acceptors (Lipinski definition) is 3. The van der Waals surface area contributed by atoms with E-state index >= 15 is 0 Å². The van der Waals surface area contributed by atoms with Gasteiger partial charge in [0.05, 0.1) is 19.9 Å². The predicted molar refractivity (Wildman–Crippen MR) is 93.4 cm³/mol. The minimum absolute atomic E-state index is 0.268. The number of ether oxygens (including phenoxy) is 2. The van der Waals surface area contributed by atoms with Crippen molar-refractivity contribution < 1.29 is 14.3 Å². The summed E-state index contributed by atoms with van der Waals surface area (Å²) in [4.78, 5) is 12.1. The highest BCUT2D eigenvalue weighted by molar-refractivity contribution is 6.31. The molecule has 1 N–H and O–H groups in total. The van der Waals surface area contributed by atoms with Gasteiger partial charge >= 0.3 is 0 Å². The van der Waals surface area contributed by atoms with Gasteiger partial charge in [0.25, 0.3) is 0 Å². The first-order valence-electron chi connectivity index (χ1n) is 7.01. The molecule has 4 nitrogen and oxygen atoms in total. The summed E-state index contributed by atoms with van der Waals surface area (Å²) >= 11 is 6.06. The third kappa shape index (κ3) is 4.27. The summed E-state index contributed by atoms with van der Waals surface area (Å²) in [5.41, 5.74) is 2.25. The first kappa shape index (κ1) is 16.9. The van der Waals surface area contributed by atoms with Crippen LogP contribution in [-0.4, -0.2) is 20.1 Å². The van der Waals surface area contributed by atoms with Crippen LogP contribution in [-0.2, 0) is 4.79 Å². The maximum Gasteiger partial charge on any atom is 0.248 e. The van der Waals surface area contributed by atoms with Crippen LogP contribution in [0.2, 0.25) is 5.02 Å². The zero-order chi connectivity index (χ0) is 16.8. The van der Waals surface area contributed by atoms with E-state index in [1.807, 2.05) is 31.2 Å². The summed E-state index contributed by atoms with van der Waals surface area (Å²) in [5.74, 6) is 0.951. The van der Waals surface area contributed by atoms with Crippen LogP contribution in [0.5, 0.6) is 11.5 Å². The highest BCUT2D eigenvalue weighted by Gasteiger charge is 2.09. The van der Waals surface area contributed by atoms with Crippen molar-refractivity contribution >= 4 is 29.3 Å². The fraction of sp³-hybridized carbons (Fsp3) is 0.167. The second-order valence-corrected chi connectivity index (χ2v) is 5.27. The highest BCUT2D eigenvalue weighted by Crippen LogP contribution is 2.31. The normalized spacial score (nSPS) is 10.6. The molecule has 0 aromatic heterocycles. The summed E-state index contributed by atoms with van der Waals surface area (Å²) in [6.45, 7) is 1.86. The molecule has 0 aliphatic carbocycles. The van der Waals surface area contributed by atoms with Crippen LogP contribution in [0.25, 0.3) is 6.08 Å². The Labute approximate surface area is 140 Å². The minimum atomic E-state index is -0.268. The van der Waals surface area contributed by atoms with E-state index < -0.39 is 0 Å². The van der Waals surface area contributed by atoms with Crippen LogP contribution >= 0.6 is 11.6 Å². The second kappa shape index (κ2) is 7.70. The monoisotopic (exact) mass is 331 g/mol. The van der Waals surface area contributed by atoms with E-state index in [-0.39, 0.29) is 5.91 Å². The smallest absolute Gasteiger partial charge is 0.248 e. The number of nitrogens with one attached hydrogen (secondary N) is 1. The predicted octanol–water partition coefficient (Wildman–Crippen LogP) is 4.32. The van der Waals surface area contributed by atoms with E-state index in [2.05, 4.69) is 5.32 Å². The molecule has 0 spiro atoms. The fourth-order valence-corrected chi connectivity index (χ4v) is 2.23. The number of carbonyl (C=O) groups is 1. The van der Waals surface area contributed by atoms with Crippen molar-refractivity contribution in [2.75, 3.05) is 19.5 Å². The number of methoxy groups -OCH3 is 2. The maximum absolute atomic E-state index is 12.1. The summed E-state index contributed by atoms with van der Waals surface area (Å²) in [6.07, 6.45) is 3.14. The third-order valence-corrected chi connectivity index (χ3v) is 3.70. The summed E-state index contributed by atoms with van der Waals surface area (Å²) < 4.78 is 10.5. The molecule has 0 radical (unpaired) electrons. The lowest BCUT2D eigenvalue weighted by Gasteiger charge is -2.11. The Morgan fingerprint density at radius 2 is 1.83 bits per heavy atom. The molecule has 0 aliphatic rings. The average Bonchev–Trinajstić information content (AvgIpc) is 2.56. The Bertz CT molecular complexity index is 741. The number of halogens is 1. The Hall–Kier alpha value is -2.46. The number of rotatable bonds is 5. The van der Waals surface area contributed by atoms with Crippen LogP contribution in [0, 0.1) is 6.92 Å². The molecule has 23 heavy (non-hydrogen) atoms. The quantitative estimate of drug-likeness (QED) is 0.830. The Morgan fingerprint density at radius 3 is 2.52 bits per heavy atom. The molecule has 0 aliphatic heterocycles. The first-order chi connectivity index (χ1) is 11.0. The highest BCUT2D eigenvalue weighted by atomic mass is 35.5. The van der Waals surface area contributed by atoms with E-state index in [1.54, 1.807) is 25.3 Å². The van der Waals surface area contributed by atoms with Gasteiger partial charge < -0.3 is 14.8 Å². The van der Waals surface area contributed by atoms with Gasteiger partial charge in [0.2, 0.25) is 5.91 Å². The van der Waals surface area contributed by atoms with Crippen LogP contribution in [0.3, 0.4) is 0 Å². The van der Waals surface area contributed by atoms with E-state index in [0.717, 1.165) is 11.1 Å². The number of benzene rings is 2. The SMILES string of the molecule is COc1ccccc1/C=C/C(=O)Nc1cc(C)c(Cl)cc1OC. The number of anilines is 1. The molecule has 2 rings (SSSR count). The molecular formula is C18H18ClNO3. The van der Waals surface area contributed by atoms with Crippen molar-refractivity contribution in [2.45, 2.75) is 6.92 Å². The number of amides is 1. The fourth-order valence-electron chi connectivity index (χ4n) is 2.07. The molecule has 0 heterocycles. The Balaban J connectivity index is 2.17. The molecule has 1 amide bonds. The molecule has 0 unspecified atom stereocenters. The lowest BCUT2D eigenvalue weighted by molar-refractivity contribution is -0.111. The van der Waals surface area contributed by atoms with Gasteiger partial charge in [0, 0.05) is 22.7 Å². The molecule has 120 valence electrons. The van der Waals surface area contributed by atoms with Gasteiger partial charge in [-0.15, -0.1) is 0 Å². The van der Waals surface area contributed by atoms with Crippen molar-refractivity contribution in [3.05, 3.63) is 58.6 Å². The van der Waals surface area contributed by atoms with Crippen molar-refractivity contribution in [3.63, 3.8) is 0 Å². The largest absolute Gasteiger partial charge is 0.496 e. The lowest BCUT2D eigenvalue weighted by Crippen LogP contribution is -2.09. The molecule has 0 saturated carbocycles. The van der Waals surface area contributed by atoms with E-state index in [0.29, 0.717) is 22.2 Å². The molecule has 2 aromatic carbocycles. The molecule has 0 fully saturated rings. The van der Waals surface area contributed by atoms with Crippen LogP contribution in [0.1, 0.15) is 11.1 Å². The van der Waals surface area contributed by atoms with E-state index in [9.17, 15) is 4.79 Å². The minimum Gasteiger partial charge on any atom is -0.496 e. The molecule has 0 saturated heterocycles. The van der Waals surface area contributed by atoms with Crippen molar-refractivity contribution in [2.24, 2.45) is 0 Å². The van der Waals surface area contributed by atoms with Gasteiger partial charge in [-0.05, 0) is 30.7 Å². The van der Waals surface area contributed by atoms with Gasteiger partial charge in [-0.1, -0.05) is 29.8 Å². The number of para-hydroxylation sites is 1. The molecule has 0 bridgehead atoms. The van der Waals surface area contributed by atoms with Crippen LogP contribution in [0.4, 0.5) is 5.69 Å². The number of hydrogen-bond donors (Lipinski definition) is 1. The molecule has 0 atom stereocenters. The van der Waals surface area contributed by atoms with Crippen LogP contribution < -0.4 is 14.8 Å². The third-order valence-electron chi connectivity index (χ3n) is 3.29. The van der Waals surface area contributed by atoms with Crippen molar-refractivity contribution in [1.29, 1.82) is 0 Å². The molecule has 5 heteroatoms. The number of aryl methyl sites for hydroxylation is 1. The zero-order valence-corrected chi connectivity index (χ0v) is 14.0. The second-order valence-electron chi connectivity index (χ2n) is 4.87. The maximum atomic E-state index is 12.1.